The lowest BCUT2D eigenvalue weighted by molar-refractivity contribution is 0.561. The second-order valence-corrected chi connectivity index (χ2v) is 4.31. The van der Waals surface area contributed by atoms with Crippen molar-refractivity contribution in [2.75, 3.05) is 0 Å². The Morgan fingerprint density at radius 2 is 1.62 bits per heavy atom. The van der Waals surface area contributed by atoms with Crippen LogP contribution in [0, 0.1) is 5.41 Å². The van der Waals surface area contributed by atoms with Crippen LogP contribution < -0.4 is 5.73 Å². The van der Waals surface area contributed by atoms with Gasteiger partial charge in [0.1, 0.15) is 5.84 Å². The summed E-state index contributed by atoms with van der Waals surface area (Å²) in [5.74, 6) is 0.810. The zero-order valence-electron chi connectivity index (χ0n) is 10.3. The van der Waals surface area contributed by atoms with Crippen molar-refractivity contribution >= 4 is 5.84 Å². The summed E-state index contributed by atoms with van der Waals surface area (Å²) in [6.45, 7) is 4.46. The van der Waals surface area contributed by atoms with Gasteiger partial charge in [0.15, 0.2) is 0 Å². The summed E-state index contributed by atoms with van der Waals surface area (Å²) in [6, 6.07) is 8.14. The van der Waals surface area contributed by atoms with Gasteiger partial charge in [-0.05, 0) is 24.3 Å². The SMILES string of the molecule is CCCC(CCC)c1ccc(C(=N)N)cc1. The molecule has 16 heavy (non-hydrogen) atoms. The lowest BCUT2D eigenvalue weighted by atomic mass is 9.90. The Labute approximate surface area is 98.4 Å². The highest BCUT2D eigenvalue weighted by molar-refractivity contribution is 5.94. The number of benzene rings is 1. The molecule has 88 valence electrons. The lowest BCUT2D eigenvalue weighted by Gasteiger charge is -2.16. The molecule has 1 aromatic rings. The largest absolute Gasteiger partial charge is 0.384 e. The third kappa shape index (κ3) is 3.37. The van der Waals surface area contributed by atoms with Crippen molar-refractivity contribution in [2.24, 2.45) is 5.73 Å². The molecule has 0 atom stereocenters. The topological polar surface area (TPSA) is 49.9 Å². The van der Waals surface area contributed by atoms with Gasteiger partial charge in [-0.1, -0.05) is 51.0 Å². The minimum Gasteiger partial charge on any atom is -0.384 e. The van der Waals surface area contributed by atoms with Crippen LogP contribution >= 0.6 is 0 Å². The first-order valence-corrected chi connectivity index (χ1v) is 6.13. The van der Waals surface area contributed by atoms with E-state index in [1.807, 2.05) is 12.1 Å². The Balaban J connectivity index is 2.80. The Bertz CT molecular complexity index is 321. The predicted molar refractivity (Wildman–Crippen MR) is 70.0 cm³/mol. The number of nitrogens with two attached hydrogens (primary N) is 1. The van der Waals surface area contributed by atoms with Gasteiger partial charge < -0.3 is 5.73 Å². The summed E-state index contributed by atoms with van der Waals surface area (Å²) in [5.41, 5.74) is 7.64. The second kappa shape index (κ2) is 6.31. The summed E-state index contributed by atoms with van der Waals surface area (Å²) in [5, 5.41) is 7.35. The van der Waals surface area contributed by atoms with Crippen molar-refractivity contribution in [3.8, 4) is 0 Å². The van der Waals surface area contributed by atoms with Crippen LogP contribution in [-0.2, 0) is 0 Å². The van der Waals surface area contributed by atoms with Crippen molar-refractivity contribution in [1.82, 2.24) is 0 Å². The molecule has 0 unspecified atom stereocenters. The van der Waals surface area contributed by atoms with Crippen LogP contribution in [0.15, 0.2) is 24.3 Å². The summed E-state index contributed by atoms with van der Waals surface area (Å²) < 4.78 is 0. The third-order valence-electron chi connectivity index (χ3n) is 2.97. The number of nitrogen functional groups attached to an aromatic ring is 1. The Kier molecular flexibility index (Phi) is 5.03. The molecule has 0 amide bonds. The van der Waals surface area contributed by atoms with Gasteiger partial charge in [0.05, 0.1) is 0 Å². The van der Waals surface area contributed by atoms with Gasteiger partial charge in [0.2, 0.25) is 0 Å². The van der Waals surface area contributed by atoms with E-state index in [1.54, 1.807) is 0 Å². The molecular formula is C14H22N2. The molecule has 0 aromatic heterocycles. The van der Waals surface area contributed by atoms with Gasteiger partial charge in [0.25, 0.3) is 0 Å². The van der Waals surface area contributed by atoms with E-state index in [0.717, 1.165) is 5.56 Å². The fourth-order valence-corrected chi connectivity index (χ4v) is 2.11. The monoisotopic (exact) mass is 218 g/mol. The molecule has 0 spiro atoms. The standard InChI is InChI=1S/C14H22N2/c1-3-5-11(6-4-2)12-7-9-13(10-8-12)14(15)16/h7-11H,3-6H2,1-2H3,(H3,15,16). The highest BCUT2D eigenvalue weighted by atomic mass is 14.7. The van der Waals surface area contributed by atoms with Gasteiger partial charge in [-0.25, -0.2) is 0 Å². The zero-order chi connectivity index (χ0) is 12.0. The number of hydrogen-bond acceptors (Lipinski definition) is 1. The van der Waals surface area contributed by atoms with Crippen LogP contribution in [0.5, 0.6) is 0 Å². The van der Waals surface area contributed by atoms with E-state index in [0.29, 0.717) is 5.92 Å². The van der Waals surface area contributed by atoms with Gasteiger partial charge >= 0.3 is 0 Å². The first-order chi connectivity index (χ1) is 7.69. The molecule has 0 aliphatic carbocycles. The van der Waals surface area contributed by atoms with Crippen LogP contribution in [0.2, 0.25) is 0 Å². The van der Waals surface area contributed by atoms with Crippen LogP contribution in [0.4, 0.5) is 0 Å². The van der Waals surface area contributed by atoms with Crippen LogP contribution in [0.25, 0.3) is 0 Å². The lowest BCUT2D eigenvalue weighted by Crippen LogP contribution is -2.11. The summed E-state index contributed by atoms with van der Waals surface area (Å²) in [6.07, 6.45) is 4.93. The van der Waals surface area contributed by atoms with E-state index in [9.17, 15) is 0 Å². The highest BCUT2D eigenvalue weighted by Crippen LogP contribution is 2.26. The quantitative estimate of drug-likeness (QED) is 0.555. The molecule has 0 heterocycles. The molecule has 0 aliphatic rings. The molecule has 1 rings (SSSR count). The maximum Gasteiger partial charge on any atom is 0.122 e. The van der Waals surface area contributed by atoms with E-state index in [2.05, 4.69) is 26.0 Å². The number of nitrogens with one attached hydrogen (secondary N) is 1. The second-order valence-electron chi connectivity index (χ2n) is 4.31. The highest BCUT2D eigenvalue weighted by Gasteiger charge is 2.09. The predicted octanol–water partition coefficient (Wildman–Crippen LogP) is 3.65. The number of amidine groups is 1. The molecule has 3 N–H and O–H groups in total. The average Bonchev–Trinajstić information content (AvgIpc) is 2.29. The van der Waals surface area contributed by atoms with Gasteiger partial charge in [-0.2, -0.15) is 0 Å². The molecular weight excluding hydrogens is 196 g/mol. The van der Waals surface area contributed by atoms with E-state index >= 15 is 0 Å². The van der Waals surface area contributed by atoms with E-state index in [4.69, 9.17) is 11.1 Å². The third-order valence-corrected chi connectivity index (χ3v) is 2.97. The summed E-state index contributed by atoms with van der Waals surface area (Å²) in [4.78, 5) is 0. The maximum absolute atomic E-state index is 7.35. The summed E-state index contributed by atoms with van der Waals surface area (Å²) >= 11 is 0. The normalized spacial score (nSPS) is 10.7. The molecule has 0 fully saturated rings. The number of rotatable bonds is 6. The van der Waals surface area contributed by atoms with E-state index in [-0.39, 0.29) is 5.84 Å². The Morgan fingerprint density at radius 1 is 1.12 bits per heavy atom. The number of hydrogen-bond donors (Lipinski definition) is 2. The van der Waals surface area contributed by atoms with Gasteiger partial charge in [0, 0.05) is 5.56 Å². The fraction of sp³-hybridized carbons (Fsp3) is 0.500. The molecule has 0 saturated carbocycles. The van der Waals surface area contributed by atoms with Crippen LogP contribution in [0.3, 0.4) is 0 Å². The van der Waals surface area contributed by atoms with Gasteiger partial charge in [-0.3, -0.25) is 5.41 Å². The molecule has 2 nitrogen and oxygen atoms in total. The first-order valence-electron chi connectivity index (χ1n) is 6.13. The molecule has 0 bridgehead atoms. The van der Waals surface area contributed by atoms with E-state index in [1.165, 1.54) is 31.2 Å². The first kappa shape index (κ1) is 12.8. The van der Waals surface area contributed by atoms with Crippen molar-refractivity contribution in [2.45, 2.75) is 45.4 Å². The molecule has 0 aliphatic heterocycles. The van der Waals surface area contributed by atoms with Crippen LogP contribution in [-0.4, -0.2) is 5.84 Å². The molecule has 0 saturated heterocycles. The minimum absolute atomic E-state index is 0.147. The van der Waals surface area contributed by atoms with Crippen LogP contribution in [0.1, 0.15) is 56.6 Å². The van der Waals surface area contributed by atoms with Crippen molar-refractivity contribution in [1.29, 1.82) is 5.41 Å². The smallest absolute Gasteiger partial charge is 0.122 e. The molecule has 1 aromatic carbocycles. The Hall–Kier alpha value is -1.31. The average molecular weight is 218 g/mol. The maximum atomic E-state index is 7.35. The summed E-state index contributed by atoms with van der Waals surface area (Å²) in [7, 11) is 0. The van der Waals surface area contributed by atoms with E-state index < -0.39 is 0 Å². The Morgan fingerprint density at radius 3 is 2.00 bits per heavy atom. The van der Waals surface area contributed by atoms with Gasteiger partial charge in [-0.15, -0.1) is 0 Å². The van der Waals surface area contributed by atoms with Crippen molar-refractivity contribution in [3.05, 3.63) is 35.4 Å². The molecule has 0 radical (unpaired) electrons. The van der Waals surface area contributed by atoms with Crippen molar-refractivity contribution in [3.63, 3.8) is 0 Å². The van der Waals surface area contributed by atoms with Crippen molar-refractivity contribution < 1.29 is 0 Å². The minimum atomic E-state index is 0.147. The zero-order valence-corrected chi connectivity index (χ0v) is 10.3. The molecule has 2 heteroatoms. The fourth-order valence-electron chi connectivity index (χ4n) is 2.11.